The lowest BCUT2D eigenvalue weighted by Crippen LogP contribution is -2.11. The van der Waals surface area contributed by atoms with Crippen LogP contribution in [0, 0.1) is 18.2 Å². The zero-order chi connectivity index (χ0) is 20.5. The van der Waals surface area contributed by atoms with Gasteiger partial charge in [-0.3, -0.25) is 9.56 Å². The van der Waals surface area contributed by atoms with Crippen LogP contribution >= 0.6 is 0 Å². The van der Waals surface area contributed by atoms with Crippen molar-refractivity contribution in [2.45, 2.75) is 19.9 Å². The summed E-state index contributed by atoms with van der Waals surface area (Å²) in [5.41, 5.74) is 3.66. The van der Waals surface area contributed by atoms with E-state index in [-0.39, 0.29) is 18.1 Å². The van der Waals surface area contributed by atoms with Gasteiger partial charge < -0.3 is 4.74 Å². The van der Waals surface area contributed by atoms with Crippen molar-refractivity contribution in [3.05, 3.63) is 82.7 Å². The van der Waals surface area contributed by atoms with E-state index in [1.54, 1.807) is 48.1 Å². The molecule has 29 heavy (non-hydrogen) atoms. The highest BCUT2D eigenvalue weighted by Crippen LogP contribution is 2.33. The lowest BCUT2D eigenvalue weighted by atomic mass is 9.98. The van der Waals surface area contributed by atoms with E-state index in [4.69, 9.17) is 16.2 Å². The Bertz CT molecular complexity index is 1190. The van der Waals surface area contributed by atoms with Crippen LogP contribution in [0.5, 0.6) is 0 Å². The van der Waals surface area contributed by atoms with Gasteiger partial charge in [-0.2, -0.15) is 0 Å². The third-order valence-electron chi connectivity index (χ3n) is 4.80. The molecule has 2 aromatic carbocycles. The molecule has 0 bridgehead atoms. The van der Waals surface area contributed by atoms with E-state index in [9.17, 15) is 9.18 Å². The van der Waals surface area contributed by atoms with Gasteiger partial charge in [0.2, 0.25) is 0 Å². The number of esters is 1. The summed E-state index contributed by atoms with van der Waals surface area (Å²) in [5.74, 6) is 1.71. The Morgan fingerprint density at radius 2 is 2.07 bits per heavy atom. The van der Waals surface area contributed by atoms with Crippen molar-refractivity contribution in [1.29, 1.82) is 0 Å². The highest BCUT2D eigenvalue weighted by molar-refractivity contribution is 6.15. The van der Waals surface area contributed by atoms with Crippen LogP contribution in [0.4, 0.5) is 4.39 Å². The number of imidazole rings is 1. The Labute approximate surface area is 167 Å². The van der Waals surface area contributed by atoms with Crippen LogP contribution in [-0.2, 0) is 4.74 Å². The number of aromatic nitrogens is 2. The van der Waals surface area contributed by atoms with Gasteiger partial charge in [0.15, 0.2) is 5.69 Å². The van der Waals surface area contributed by atoms with Crippen LogP contribution < -0.4 is 0 Å². The molecule has 6 heteroatoms. The van der Waals surface area contributed by atoms with Gasteiger partial charge in [0.25, 0.3) is 0 Å². The number of terminal acetylenes is 1. The number of aliphatic imine (C=N–C) groups is 1. The minimum absolute atomic E-state index is 0.199. The van der Waals surface area contributed by atoms with E-state index in [1.807, 2.05) is 13.0 Å². The third kappa shape index (κ3) is 3.11. The quantitative estimate of drug-likeness (QED) is 0.503. The zero-order valence-electron chi connectivity index (χ0n) is 16.0. The summed E-state index contributed by atoms with van der Waals surface area (Å²) in [4.78, 5) is 21.5. The number of hydrogen-bond acceptors (Lipinski definition) is 4. The third-order valence-corrected chi connectivity index (χ3v) is 4.80. The first-order chi connectivity index (χ1) is 14.0. The van der Waals surface area contributed by atoms with Gasteiger partial charge in [-0.05, 0) is 44.2 Å². The Morgan fingerprint density at radius 3 is 2.79 bits per heavy atom. The molecule has 1 aliphatic rings. The van der Waals surface area contributed by atoms with Gasteiger partial charge >= 0.3 is 5.97 Å². The number of carbonyl (C=O) groups excluding carboxylic acids is 1. The van der Waals surface area contributed by atoms with Crippen molar-refractivity contribution < 1.29 is 13.9 Å². The Hall–Kier alpha value is -3.72. The number of nitrogens with zero attached hydrogens (tertiary/aromatic N) is 3. The predicted octanol–water partition coefficient (Wildman–Crippen LogP) is 4.08. The molecule has 0 N–H and O–H groups in total. The minimum atomic E-state index is -0.514. The molecular formula is C23H18FN3O2. The highest BCUT2D eigenvalue weighted by Gasteiger charge is 2.29. The summed E-state index contributed by atoms with van der Waals surface area (Å²) in [6.07, 6.45) is 7.15. The second-order valence-corrected chi connectivity index (χ2v) is 6.58. The number of carbonyl (C=O) groups is 1. The number of rotatable bonds is 3. The fourth-order valence-corrected chi connectivity index (χ4v) is 3.52. The molecule has 5 nitrogen and oxygen atoms in total. The molecule has 144 valence electrons. The van der Waals surface area contributed by atoms with Crippen molar-refractivity contribution in [1.82, 2.24) is 9.55 Å². The molecule has 0 saturated heterocycles. The Morgan fingerprint density at radius 1 is 1.28 bits per heavy atom. The number of fused-ring (bicyclic) bond motifs is 3. The molecule has 1 aliphatic heterocycles. The van der Waals surface area contributed by atoms with Crippen LogP contribution in [0.3, 0.4) is 0 Å². The Balaban J connectivity index is 2.01. The standard InChI is InChI=1S/C23H18FN3O2/c1-4-15-10-11-19-17(12-15)20(16-8-6-7-9-18(16)24)26-14(3)22-21(23(28)29-5-2)25-13-27(19)22/h1,6-14H,5H2,2-3H3/t14-/m1/s1. The summed E-state index contributed by atoms with van der Waals surface area (Å²) in [6, 6.07) is 11.4. The van der Waals surface area contributed by atoms with E-state index >= 15 is 0 Å². The van der Waals surface area contributed by atoms with Crippen molar-refractivity contribution in [3.63, 3.8) is 0 Å². The van der Waals surface area contributed by atoms with E-state index < -0.39 is 12.0 Å². The maximum absolute atomic E-state index is 14.7. The number of ether oxygens (including phenoxy) is 1. The number of hydrogen-bond donors (Lipinski definition) is 0. The zero-order valence-corrected chi connectivity index (χ0v) is 16.0. The lowest BCUT2D eigenvalue weighted by Gasteiger charge is -2.13. The van der Waals surface area contributed by atoms with E-state index in [1.165, 1.54) is 6.07 Å². The summed E-state index contributed by atoms with van der Waals surface area (Å²) >= 11 is 0. The van der Waals surface area contributed by atoms with Crippen LogP contribution in [-0.4, -0.2) is 27.8 Å². The molecule has 0 unspecified atom stereocenters. The predicted molar refractivity (Wildman–Crippen MR) is 108 cm³/mol. The van der Waals surface area contributed by atoms with Gasteiger partial charge in [0.05, 0.1) is 29.7 Å². The van der Waals surface area contributed by atoms with Crippen molar-refractivity contribution in [3.8, 4) is 18.0 Å². The maximum atomic E-state index is 14.7. The minimum Gasteiger partial charge on any atom is -0.461 e. The van der Waals surface area contributed by atoms with Crippen molar-refractivity contribution in [2.75, 3.05) is 6.61 Å². The molecule has 1 aromatic heterocycles. The number of halogens is 1. The van der Waals surface area contributed by atoms with E-state index in [0.717, 1.165) is 0 Å². The van der Waals surface area contributed by atoms with Crippen LogP contribution in [0.25, 0.3) is 5.69 Å². The van der Waals surface area contributed by atoms with Crippen molar-refractivity contribution in [2.24, 2.45) is 4.99 Å². The van der Waals surface area contributed by atoms with Crippen LogP contribution in [0.2, 0.25) is 0 Å². The topological polar surface area (TPSA) is 56.5 Å². The lowest BCUT2D eigenvalue weighted by molar-refractivity contribution is 0.0518. The summed E-state index contributed by atoms with van der Waals surface area (Å²) in [6.45, 7) is 3.82. The fraction of sp³-hybridized carbons (Fsp3) is 0.174. The average Bonchev–Trinajstić information content (AvgIpc) is 3.13. The summed E-state index contributed by atoms with van der Waals surface area (Å²) in [7, 11) is 0. The van der Waals surface area contributed by atoms with Crippen LogP contribution in [0.15, 0.2) is 53.8 Å². The smallest absolute Gasteiger partial charge is 0.358 e. The van der Waals surface area contributed by atoms with E-state index in [0.29, 0.717) is 33.8 Å². The molecule has 0 aliphatic carbocycles. The van der Waals surface area contributed by atoms with Crippen LogP contribution in [0.1, 0.15) is 52.8 Å². The largest absolute Gasteiger partial charge is 0.461 e. The summed E-state index contributed by atoms with van der Waals surface area (Å²) < 4.78 is 21.6. The Kier molecular flexibility index (Phi) is 4.73. The molecule has 3 aromatic rings. The summed E-state index contributed by atoms with van der Waals surface area (Å²) in [5, 5.41) is 0. The first-order valence-electron chi connectivity index (χ1n) is 9.23. The SMILES string of the molecule is C#Cc1ccc2c(c1)C(c1ccccc1F)=N[C@H](C)c1c(C(=O)OCC)ncn1-2. The molecule has 4 rings (SSSR count). The molecular weight excluding hydrogens is 369 g/mol. The van der Waals surface area contributed by atoms with E-state index in [2.05, 4.69) is 10.9 Å². The molecule has 0 fully saturated rings. The normalized spacial score (nSPS) is 14.8. The first kappa shape index (κ1) is 18.6. The monoisotopic (exact) mass is 387 g/mol. The number of benzene rings is 2. The second kappa shape index (κ2) is 7.36. The van der Waals surface area contributed by atoms with Gasteiger partial charge in [-0.25, -0.2) is 14.2 Å². The van der Waals surface area contributed by atoms with Gasteiger partial charge in [0.1, 0.15) is 12.1 Å². The molecule has 0 spiro atoms. The second-order valence-electron chi connectivity index (χ2n) is 6.58. The molecule has 0 radical (unpaired) electrons. The van der Waals surface area contributed by atoms with Gasteiger partial charge in [-0.15, -0.1) is 6.42 Å². The van der Waals surface area contributed by atoms with Gasteiger partial charge in [0, 0.05) is 16.7 Å². The van der Waals surface area contributed by atoms with Gasteiger partial charge in [-0.1, -0.05) is 18.1 Å². The average molecular weight is 387 g/mol. The maximum Gasteiger partial charge on any atom is 0.358 e. The van der Waals surface area contributed by atoms with Crippen molar-refractivity contribution >= 4 is 11.7 Å². The molecule has 0 saturated carbocycles. The fourth-order valence-electron chi connectivity index (χ4n) is 3.52. The molecule has 1 atom stereocenters. The molecule has 0 amide bonds. The molecule has 2 heterocycles. The first-order valence-corrected chi connectivity index (χ1v) is 9.23. The highest BCUT2D eigenvalue weighted by atomic mass is 19.1.